The Morgan fingerprint density at radius 1 is 1.62 bits per heavy atom. The molecule has 0 saturated carbocycles. The van der Waals surface area contributed by atoms with Crippen LogP contribution in [0.3, 0.4) is 0 Å². The third kappa shape index (κ3) is 5.34. The van der Waals surface area contributed by atoms with Crippen molar-refractivity contribution >= 4 is 30.1 Å². The van der Waals surface area contributed by atoms with Crippen molar-refractivity contribution in [2.24, 2.45) is 5.73 Å². The summed E-state index contributed by atoms with van der Waals surface area (Å²) in [5, 5.41) is -0.184. The van der Waals surface area contributed by atoms with Crippen LogP contribution in [-0.2, 0) is 9.53 Å². The fraction of sp³-hybridized carbons (Fsp3) is 0.400. The van der Waals surface area contributed by atoms with E-state index < -0.39 is 0 Å². The van der Waals surface area contributed by atoms with Gasteiger partial charge in [-0.3, -0.25) is 9.78 Å². The van der Waals surface area contributed by atoms with Crippen LogP contribution < -0.4 is 5.73 Å². The van der Waals surface area contributed by atoms with E-state index in [4.69, 9.17) is 5.73 Å². The van der Waals surface area contributed by atoms with Gasteiger partial charge in [-0.2, -0.15) is 0 Å². The molecule has 0 aliphatic heterocycles. The molecule has 16 heavy (non-hydrogen) atoms. The molecule has 1 aromatic heterocycles. The first-order chi connectivity index (χ1) is 7.24. The zero-order valence-electron chi connectivity index (χ0n) is 8.96. The molecule has 0 fully saturated rings. The second kappa shape index (κ2) is 8.38. The summed E-state index contributed by atoms with van der Waals surface area (Å²) in [5.74, 6) is 0.431. The highest BCUT2D eigenvalue weighted by Gasteiger charge is 2.08. The summed E-state index contributed by atoms with van der Waals surface area (Å²) < 4.78 is 4.53. The fourth-order valence-corrected chi connectivity index (χ4v) is 1.85. The van der Waals surface area contributed by atoms with Gasteiger partial charge in [0.05, 0.1) is 24.6 Å². The van der Waals surface area contributed by atoms with Gasteiger partial charge in [0.1, 0.15) is 0 Å². The maximum absolute atomic E-state index is 10.8. The summed E-state index contributed by atoms with van der Waals surface area (Å²) in [6.45, 7) is 0. The summed E-state index contributed by atoms with van der Waals surface area (Å²) in [6, 6.07) is 5.61. The third-order valence-corrected chi connectivity index (χ3v) is 2.85. The lowest BCUT2D eigenvalue weighted by Gasteiger charge is -2.09. The Morgan fingerprint density at radius 3 is 2.94 bits per heavy atom. The first-order valence-corrected chi connectivity index (χ1v) is 5.64. The molecule has 0 bridgehead atoms. The number of halogens is 1. The normalized spacial score (nSPS) is 11.4. The topological polar surface area (TPSA) is 65.2 Å². The average molecular weight is 263 g/mol. The Morgan fingerprint density at radius 2 is 2.38 bits per heavy atom. The van der Waals surface area contributed by atoms with Crippen LogP contribution in [0.1, 0.15) is 17.5 Å². The van der Waals surface area contributed by atoms with Crippen molar-refractivity contribution in [3.8, 4) is 0 Å². The highest BCUT2D eigenvalue weighted by atomic mass is 35.5. The van der Waals surface area contributed by atoms with Gasteiger partial charge in [0.15, 0.2) is 0 Å². The number of carbonyl (C=O) groups is 1. The highest BCUT2D eigenvalue weighted by molar-refractivity contribution is 7.99. The molecule has 1 rings (SSSR count). The van der Waals surface area contributed by atoms with Gasteiger partial charge in [0, 0.05) is 11.9 Å². The van der Waals surface area contributed by atoms with E-state index in [1.165, 1.54) is 18.9 Å². The fourth-order valence-electron chi connectivity index (χ4n) is 1.00. The Labute approximate surface area is 105 Å². The predicted octanol–water partition coefficient (Wildman–Crippen LogP) is 1.76. The molecule has 4 nitrogen and oxygen atoms in total. The van der Waals surface area contributed by atoms with Crippen LogP contribution in [0, 0.1) is 0 Å². The number of nitrogens with two attached hydrogens (primary N) is 1. The van der Waals surface area contributed by atoms with Gasteiger partial charge < -0.3 is 10.5 Å². The molecular weight excluding hydrogens is 248 g/mol. The number of pyridine rings is 1. The summed E-state index contributed by atoms with van der Waals surface area (Å²) in [5.41, 5.74) is 6.70. The largest absolute Gasteiger partial charge is 0.469 e. The monoisotopic (exact) mass is 262 g/mol. The first-order valence-electron chi connectivity index (χ1n) is 4.59. The molecule has 0 aliphatic rings. The van der Waals surface area contributed by atoms with Crippen molar-refractivity contribution in [3.05, 3.63) is 30.1 Å². The molecule has 0 spiro atoms. The molecule has 0 radical (unpaired) electrons. The van der Waals surface area contributed by atoms with Crippen LogP contribution in [0.25, 0.3) is 0 Å². The zero-order valence-corrected chi connectivity index (χ0v) is 10.6. The lowest BCUT2D eigenvalue weighted by atomic mass is 10.3. The van der Waals surface area contributed by atoms with E-state index in [1.807, 2.05) is 18.2 Å². The van der Waals surface area contributed by atoms with Crippen molar-refractivity contribution in [3.63, 3.8) is 0 Å². The minimum atomic E-state index is -0.212. The standard InChI is InChI=1S/C10H14N2O2S.ClH/c1-14-9(13)5-7-15-10(11)8-4-2-3-6-12-8;/h2-4,6,10H,5,7,11H2,1H3;1H/t10-;/m1./s1. The summed E-state index contributed by atoms with van der Waals surface area (Å²) in [7, 11) is 1.38. The number of aromatic nitrogens is 1. The predicted molar refractivity (Wildman–Crippen MR) is 67.5 cm³/mol. The number of rotatable bonds is 5. The van der Waals surface area contributed by atoms with Crippen LogP contribution in [0.15, 0.2) is 24.4 Å². The van der Waals surface area contributed by atoms with Crippen molar-refractivity contribution in [2.75, 3.05) is 12.9 Å². The highest BCUT2D eigenvalue weighted by Crippen LogP contribution is 2.21. The van der Waals surface area contributed by atoms with Gasteiger partial charge in [0.2, 0.25) is 0 Å². The molecule has 90 valence electrons. The molecule has 0 aliphatic carbocycles. The lowest BCUT2D eigenvalue weighted by Crippen LogP contribution is -2.10. The lowest BCUT2D eigenvalue weighted by molar-refractivity contribution is -0.140. The van der Waals surface area contributed by atoms with E-state index in [-0.39, 0.29) is 23.8 Å². The molecule has 1 aromatic rings. The van der Waals surface area contributed by atoms with Crippen molar-refractivity contribution in [1.82, 2.24) is 4.98 Å². The minimum Gasteiger partial charge on any atom is -0.469 e. The van der Waals surface area contributed by atoms with Gasteiger partial charge in [-0.05, 0) is 12.1 Å². The number of hydrogen-bond acceptors (Lipinski definition) is 5. The van der Waals surface area contributed by atoms with Crippen molar-refractivity contribution < 1.29 is 9.53 Å². The van der Waals surface area contributed by atoms with Crippen molar-refractivity contribution in [1.29, 1.82) is 0 Å². The van der Waals surface area contributed by atoms with E-state index in [0.717, 1.165) is 5.69 Å². The molecule has 0 aromatic carbocycles. The Balaban J connectivity index is 0.00000225. The van der Waals surface area contributed by atoms with Gasteiger partial charge >= 0.3 is 5.97 Å². The van der Waals surface area contributed by atoms with Crippen molar-refractivity contribution in [2.45, 2.75) is 11.8 Å². The summed E-state index contributed by atoms with van der Waals surface area (Å²) >= 11 is 1.49. The smallest absolute Gasteiger partial charge is 0.306 e. The van der Waals surface area contributed by atoms with Crippen LogP contribution in [-0.4, -0.2) is 23.8 Å². The molecule has 0 amide bonds. The molecule has 0 unspecified atom stereocenters. The molecule has 1 heterocycles. The maximum Gasteiger partial charge on any atom is 0.306 e. The zero-order chi connectivity index (χ0) is 11.1. The van der Waals surface area contributed by atoms with E-state index in [2.05, 4.69) is 9.72 Å². The number of carbonyl (C=O) groups excluding carboxylic acids is 1. The maximum atomic E-state index is 10.8. The minimum absolute atomic E-state index is 0. The Kier molecular flexibility index (Phi) is 7.97. The quantitative estimate of drug-likeness (QED) is 0.647. The molecule has 1 atom stereocenters. The van der Waals surface area contributed by atoms with Gasteiger partial charge in [-0.25, -0.2) is 0 Å². The van der Waals surface area contributed by atoms with Crippen LogP contribution in [0.5, 0.6) is 0 Å². The average Bonchev–Trinajstić information content (AvgIpc) is 2.29. The van der Waals surface area contributed by atoms with Crippen LogP contribution in [0.2, 0.25) is 0 Å². The second-order valence-corrected chi connectivity index (χ2v) is 4.12. The van der Waals surface area contributed by atoms with Crippen LogP contribution in [0.4, 0.5) is 0 Å². The Bertz CT molecular complexity index is 311. The number of methoxy groups -OCH3 is 1. The van der Waals surface area contributed by atoms with E-state index >= 15 is 0 Å². The van der Waals surface area contributed by atoms with E-state index in [9.17, 15) is 4.79 Å². The number of esters is 1. The molecular formula is C10H15ClN2O2S. The summed E-state index contributed by atoms with van der Waals surface area (Å²) in [6.07, 6.45) is 2.08. The molecule has 0 saturated heterocycles. The van der Waals surface area contributed by atoms with Gasteiger partial charge in [-0.1, -0.05) is 6.07 Å². The van der Waals surface area contributed by atoms with E-state index in [1.54, 1.807) is 6.20 Å². The molecule has 2 N–H and O–H groups in total. The SMILES string of the molecule is COC(=O)CCS[C@@H](N)c1ccccn1.Cl. The second-order valence-electron chi connectivity index (χ2n) is 2.87. The number of thioether (sulfide) groups is 1. The number of nitrogens with zero attached hydrogens (tertiary/aromatic N) is 1. The third-order valence-electron chi connectivity index (χ3n) is 1.81. The summed E-state index contributed by atoms with van der Waals surface area (Å²) in [4.78, 5) is 15.0. The Hall–Kier alpha value is -0.780. The number of ether oxygens (including phenoxy) is 1. The van der Waals surface area contributed by atoms with Gasteiger partial charge in [0.25, 0.3) is 0 Å². The van der Waals surface area contributed by atoms with Gasteiger partial charge in [-0.15, -0.1) is 24.2 Å². The first kappa shape index (κ1) is 15.2. The molecule has 6 heteroatoms. The van der Waals surface area contributed by atoms with E-state index in [0.29, 0.717) is 12.2 Å². The van der Waals surface area contributed by atoms with Crippen LogP contribution >= 0.6 is 24.2 Å². The number of hydrogen-bond donors (Lipinski definition) is 1.